The molecule has 0 aliphatic carbocycles. The summed E-state index contributed by atoms with van der Waals surface area (Å²) >= 11 is 0. The monoisotopic (exact) mass is 240 g/mol. The number of nitrogens with zero attached hydrogens (tertiary/aromatic N) is 1. The van der Waals surface area contributed by atoms with E-state index in [1.54, 1.807) is 24.4 Å². The van der Waals surface area contributed by atoms with Crippen LogP contribution in [0.5, 0.6) is 0 Å². The summed E-state index contributed by atoms with van der Waals surface area (Å²) in [5, 5.41) is 22.2. The minimum Gasteiger partial charge on any atom is -0.423 e. The second-order valence-electron chi connectivity index (χ2n) is 3.78. The molecule has 0 bridgehead atoms. The molecule has 2 aromatic carbocycles. The van der Waals surface area contributed by atoms with Crippen LogP contribution in [0, 0.1) is 0 Å². The predicted molar refractivity (Wildman–Crippen MR) is 73.9 cm³/mol. The Kier molecular flexibility index (Phi) is 4.12. The molecule has 18 heavy (non-hydrogen) atoms. The molecule has 0 heterocycles. The fourth-order valence-electron chi connectivity index (χ4n) is 1.49. The van der Waals surface area contributed by atoms with E-state index in [0.29, 0.717) is 5.46 Å². The van der Waals surface area contributed by atoms with Gasteiger partial charge in [0.1, 0.15) is 0 Å². The minimum absolute atomic E-state index is 0.443. The number of para-hydroxylation sites is 1. The molecular weight excluding hydrogens is 227 g/mol. The highest BCUT2D eigenvalue weighted by atomic mass is 16.4. The van der Waals surface area contributed by atoms with Crippen LogP contribution in [0.4, 0.5) is 5.69 Å². The summed E-state index contributed by atoms with van der Waals surface area (Å²) in [5.41, 5.74) is 5.02. The SMILES string of the molecule is OB(O)c1cccc(C=NNc2ccccc2)c1. The van der Waals surface area contributed by atoms with Gasteiger partial charge in [0.25, 0.3) is 0 Å². The Hall–Kier alpha value is -2.11. The van der Waals surface area contributed by atoms with Crippen LogP contribution in [0.25, 0.3) is 0 Å². The third-order valence-corrected chi connectivity index (χ3v) is 2.39. The van der Waals surface area contributed by atoms with E-state index in [9.17, 15) is 0 Å². The van der Waals surface area contributed by atoms with Crippen LogP contribution in [-0.2, 0) is 0 Å². The summed E-state index contributed by atoms with van der Waals surface area (Å²) in [5.74, 6) is 0. The highest BCUT2D eigenvalue weighted by Gasteiger charge is 2.09. The van der Waals surface area contributed by atoms with Crippen molar-refractivity contribution in [2.75, 3.05) is 5.43 Å². The van der Waals surface area contributed by atoms with Crippen molar-refractivity contribution in [1.29, 1.82) is 0 Å². The fourth-order valence-corrected chi connectivity index (χ4v) is 1.49. The van der Waals surface area contributed by atoms with E-state index in [2.05, 4.69) is 10.5 Å². The molecule has 90 valence electrons. The fraction of sp³-hybridized carbons (Fsp3) is 0. The average Bonchev–Trinajstić information content (AvgIpc) is 2.40. The number of rotatable bonds is 4. The van der Waals surface area contributed by atoms with Gasteiger partial charge in [-0.25, -0.2) is 0 Å². The molecule has 5 heteroatoms. The highest BCUT2D eigenvalue weighted by molar-refractivity contribution is 6.58. The third-order valence-electron chi connectivity index (χ3n) is 2.39. The molecule has 0 aromatic heterocycles. The Balaban J connectivity index is 2.03. The van der Waals surface area contributed by atoms with E-state index in [1.807, 2.05) is 36.4 Å². The van der Waals surface area contributed by atoms with Gasteiger partial charge in [-0.2, -0.15) is 5.10 Å². The number of hydrogen-bond acceptors (Lipinski definition) is 4. The lowest BCUT2D eigenvalue weighted by Crippen LogP contribution is -2.29. The van der Waals surface area contributed by atoms with Crippen molar-refractivity contribution in [3.8, 4) is 0 Å². The van der Waals surface area contributed by atoms with Crippen molar-refractivity contribution in [1.82, 2.24) is 0 Å². The summed E-state index contributed by atoms with van der Waals surface area (Å²) in [6.45, 7) is 0. The molecule has 0 saturated carbocycles. The van der Waals surface area contributed by atoms with E-state index in [1.165, 1.54) is 0 Å². The predicted octanol–water partition coefficient (Wildman–Crippen LogP) is 0.812. The van der Waals surface area contributed by atoms with Crippen LogP contribution in [0.2, 0.25) is 0 Å². The standard InChI is InChI=1S/C13H13BN2O2/c17-14(18)12-6-4-5-11(9-12)10-15-16-13-7-2-1-3-8-13/h1-10,16-18H. The van der Waals surface area contributed by atoms with Crippen molar-refractivity contribution in [2.24, 2.45) is 5.10 Å². The Morgan fingerprint density at radius 3 is 2.50 bits per heavy atom. The van der Waals surface area contributed by atoms with E-state index in [-0.39, 0.29) is 0 Å². The Labute approximate surface area is 106 Å². The molecule has 4 nitrogen and oxygen atoms in total. The molecule has 2 aromatic rings. The number of hydrogen-bond donors (Lipinski definition) is 3. The van der Waals surface area contributed by atoms with E-state index in [4.69, 9.17) is 10.0 Å². The number of nitrogens with one attached hydrogen (secondary N) is 1. The van der Waals surface area contributed by atoms with Crippen LogP contribution in [0.15, 0.2) is 59.7 Å². The van der Waals surface area contributed by atoms with Crippen LogP contribution in [0.3, 0.4) is 0 Å². The molecule has 0 radical (unpaired) electrons. The van der Waals surface area contributed by atoms with Crippen LogP contribution in [0.1, 0.15) is 5.56 Å². The molecule has 0 atom stereocenters. The average molecular weight is 240 g/mol. The van der Waals surface area contributed by atoms with Crippen molar-refractivity contribution in [3.05, 3.63) is 60.2 Å². The molecule has 0 amide bonds. The molecule has 0 aliphatic heterocycles. The van der Waals surface area contributed by atoms with Crippen LogP contribution < -0.4 is 10.9 Å². The molecule has 0 saturated heterocycles. The maximum atomic E-state index is 9.05. The van der Waals surface area contributed by atoms with Crippen molar-refractivity contribution in [2.45, 2.75) is 0 Å². The third kappa shape index (κ3) is 3.45. The summed E-state index contributed by atoms with van der Waals surface area (Å²) in [6.07, 6.45) is 1.62. The topological polar surface area (TPSA) is 64.8 Å². The second-order valence-corrected chi connectivity index (χ2v) is 3.78. The lowest BCUT2D eigenvalue weighted by atomic mass is 9.80. The van der Waals surface area contributed by atoms with Gasteiger partial charge in [0.15, 0.2) is 0 Å². The molecule has 0 unspecified atom stereocenters. The normalized spacial score (nSPS) is 10.6. The van der Waals surface area contributed by atoms with E-state index in [0.717, 1.165) is 11.3 Å². The van der Waals surface area contributed by atoms with Crippen LogP contribution in [-0.4, -0.2) is 23.4 Å². The summed E-state index contributed by atoms with van der Waals surface area (Å²) < 4.78 is 0. The van der Waals surface area contributed by atoms with Gasteiger partial charge in [0.05, 0.1) is 11.9 Å². The van der Waals surface area contributed by atoms with Crippen molar-refractivity contribution in [3.63, 3.8) is 0 Å². The summed E-state index contributed by atoms with van der Waals surface area (Å²) in [4.78, 5) is 0. The molecule has 0 fully saturated rings. The highest BCUT2D eigenvalue weighted by Crippen LogP contribution is 2.04. The largest absolute Gasteiger partial charge is 0.488 e. The van der Waals surface area contributed by atoms with Gasteiger partial charge < -0.3 is 10.0 Å². The smallest absolute Gasteiger partial charge is 0.423 e. The van der Waals surface area contributed by atoms with E-state index >= 15 is 0 Å². The summed E-state index contributed by atoms with van der Waals surface area (Å²) in [7, 11) is -1.46. The molecule has 0 spiro atoms. The van der Waals surface area contributed by atoms with Gasteiger partial charge in [-0.15, -0.1) is 0 Å². The van der Waals surface area contributed by atoms with Crippen LogP contribution >= 0.6 is 0 Å². The van der Waals surface area contributed by atoms with Gasteiger partial charge in [-0.1, -0.05) is 42.5 Å². The lowest BCUT2D eigenvalue weighted by Gasteiger charge is -2.01. The van der Waals surface area contributed by atoms with Gasteiger partial charge in [0.2, 0.25) is 0 Å². The maximum Gasteiger partial charge on any atom is 0.488 e. The maximum absolute atomic E-state index is 9.05. The molecule has 2 rings (SSSR count). The summed E-state index contributed by atoms with van der Waals surface area (Å²) in [6, 6.07) is 16.5. The quantitative estimate of drug-likeness (QED) is 0.421. The minimum atomic E-state index is -1.46. The molecular formula is C13H13BN2O2. The Morgan fingerprint density at radius 2 is 1.78 bits per heavy atom. The zero-order valence-corrected chi connectivity index (χ0v) is 9.69. The lowest BCUT2D eigenvalue weighted by molar-refractivity contribution is 0.426. The Bertz CT molecular complexity index is 530. The van der Waals surface area contributed by atoms with Gasteiger partial charge in [-0.3, -0.25) is 5.43 Å². The second kappa shape index (κ2) is 6.00. The van der Waals surface area contributed by atoms with Crippen molar-refractivity contribution >= 4 is 24.5 Å². The molecule has 3 N–H and O–H groups in total. The number of anilines is 1. The zero-order valence-electron chi connectivity index (χ0n) is 9.69. The number of benzene rings is 2. The van der Waals surface area contributed by atoms with Crippen molar-refractivity contribution < 1.29 is 10.0 Å². The number of hydrazone groups is 1. The van der Waals surface area contributed by atoms with Gasteiger partial charge >= 0.3 is 7.12 Å². The first-order chi connectivity index (χ1) is 8.75. The first kappa shape index (κ1) is 12.4. The Morgan fingerprint density at radius 1 is 1.00 bits per heavy atom. The first-order valence-corrected chi connectivity index (χ1v) is 5.56. The zero-order chi connectivity index (χ0) is 12.8. The van der Waals surface area contributed by atoms with Gasteiger partial charge in [0, 0.05) is 0 Å². The molecule has 0 aliphatic rings. The van der Waals surface area contributed by atoms with Gasteiger partial charge in [-0.05, 0) is 23.2 Å². The first-order valence-electron chi connectivity index (χ1n) is 5.56. The van der Waals surface area contributed by atoms with E-state index < -0.39 is 7.12 Å².